The lowest BCUT2D eigenvalue weighted by Gasteiger charge is -2.07. The van der Waals surface area contributed by atoms with Crippen LogP contribution >= 0.6 is 23.4 Å². The molecular formula is C18H14ClN5OS. The molecule has 2 aromatic carbocycles. The Bertz CT molecular complexity index is 995. The van der Waals surface area contributed by atoms with Crippen molar-refractivity contribution in [3.63, 3.8) is 0 Å². The predicted octanol–water partition coefficient (Wildman–Crippen LogP) is 3.74. The summed E-state index contributed by atoms with van der Waals surface area (Å²) in [5.74, 6) is 0.558. The van der Waals surface area contributed by atoms with Gasteiger partial charge in [-0.1, -0.05) is 47.6 Å². The first-order valence-electron chi connectivity index (χ1n) is 7.66. The number of carbonyl (C=O) groups is 1. The van der Waals surface area contributed by atoms with Gasteiger partial charge in [0.1, 0.15) is 6.07 Å². The first-order valence-corrected chi connectivity index (χ1v) is 9.02. The third-order valence-corrected chi connectivity index (χ3v) is 4.95. The van der Waals surface area contributed by atoms with Crippen LogP contribution in [-0.4, -0.2) is 26.4 Å². The smallest absolute Gasteiger partial charge is 0.234 e. The largest absolute Gasteiger partial charge is 0.324 e. The van der Waals surface area contributed by atoms with E-state index in [1.807, 2.05) is 25.2 Å². The number of nitrogens with one attached hydrogen (secondary N) is 1. The average molecular weight is 384 g/mol. The molecule has 0 aliphatic carbocycles. The van der Waals surface area contributed by atoms with Crippen LogP contribution in [0.3, 0.4) is 0 Å². The summed E-state index contributed by atoms with van der Waals surface area (Å²) >= 11 is 7.47. The molecule has 26 heavy (non-hydrogen) atoms. The van der Waals surface area contributed by atoms with Gasteiger partial charge in [-0.2, -0.15) is 5.26 Å². The van der Waals surface area contributed by atoms with Gasteiger partial charge in [0.2, 0.25) is 5.91 Å². The summed E-state index contributed by atoms with van der Waals surface area (Å²) in [5, 5.41) is 21.3. The molecule has 1 N–H and O–H groups in total. The van der Waals surface area contributed by atoms with Crippen molar-refractivity contribution in [2.45, 2.75) is 5.16 Å². The van der Waals surface area contributed by atoms with Crippen molar-refractivity contribution in [1.29, 1.82) is 5.26 Å². The number of benzene rings is 2. The van der Waals surface area contributed by atoms with E-state index >= 15 is 0 Å². The quantitative estimate of drug-likeness (QED) is 0.678. The second kappa shape index (κ2) is 8.04. The van der Waals surface area contributed by atoms with Crippen molar-refractivity contribution in [2.75, 3.05) is 11.1 Å². The third-order valence-electron chi connectivity index (χ3n) is 3.60. The van der Waals surface area contributed by atoms with E-state index in [2.05, 4.69) is 21.6 Å². The van der Waals surface area contributed by atoms with E-state index in [-0.39, 0.29) is 11.7 Å². The summed E-state index contributed by atoms with van der Waals surface area (Å²) < 4.78 is 1.79. The van der Waals surface area contributed by atoms with E-state index < -0.39 is 0 Å². The minimum absolute atomic E-state index is 0.147. The van der Waals surface area contributed by atoms with E-state index in [1.165, 1.54) is 11.8 Å². The van der Waals surface area contributed by atoms with Gasteiger partial charge < -0.3 is 9.88 Å². The molecular weight excluding hydrogens is 370 g/mol. The number of halogens is 1. The molecule has 0 aliphatic heterocycles. The van der Waals surface area contributed by atoms with E-state index in [0.717, 1.165) is 5.56 Å². The number of para-hydroxylation sites is 1. The summed E-state index contributed by atoms with van der Waals surface area (Å²) in [6, 6.07) is 16.3. The number of aromatic nitrogens is 3. The van der Waals surface area contributed by atoms with Crippen LogP contribution < -0.4 is 5.32 Å². The molecule has 0 spiro atoms. The van der Waals surface area contributed by atoms with Crippen LogP contribution in [0.4, 0.5) is 5.69 Å². The van der Waals surface area contributed by atoms with Crippen molar-refractivity contribution >= 4 is 35.0 Å². The molecule has 0 radical (unpaired) electrons. The number of carbonyl (C=O) groups excluding carboxylic acids is 1. The van der Waals surface area contributed by atoms with Crippen LogP contribution in [0.5, 0.6) is 0 Å². The molecule has 0 unspecified atom stereocenters. The normalized spacial score (nSPS) is 10.3. The number of rotatable bonds is 5. The summed E-state index contributed by atoms with van der Waals surface area (Å²) in [5.41, 5.74) is 1.70. The van der Waals surface area contributed by atoms with Gasteiger partial charge in [0, 0.05) is 12.6 Å². The zero-order valence-corrected chi connectivity index (χ0v) is 15.4. The molecule has 0 aliphatic rings. The number of hydrogen-bond donors (Lipinski definition) is 1. The Hall–Kier alpha value is -2.82. The lowest BCUT2D eigenvalue weighted by Crippen LogP contribution is -2.15. The zero-order valence-electron chi connectivity index (χ0n) is 13.8. The Kier molecular flexibility index (Phi) is 5.56. The highest BCUT2D eigenvalue weighted by Crippen LogP contribution is 2.28. The van der Waals surface area contributed by atoms with Gasteiger partial charge in [-0.3, -0.25) is 4.79 Å². The highest BCUT2D eigenvalue weighted by molar-refractivity contribution is 7.99. The third kappa shape index (κ3) is 3.87. The standard InChI is InChI=1S/C18H14ClN5OS/c1-24-17(13-7-3-4-8-14(13)19)22-23-18(24)26-11-16(25)21-15-9-5-2-6-12(15)10-20/h2-9H,11H2,1H3,(H,21,25). The van der Waals surface area contributed by atoms with Gasteiger partial charge in [-0.15, -0.1) is 10.2 Å². The van der Waals surface area contributed by atoms with E-state index in [9.17, 15) is 4.79 Å². The molecule has 6 nitrogen and oxygen atoms in total. The number of nitriles is 1. The van der Waals surface area contributed by atoms with Crippen LogP contribution in [0, 0.1) is 11.3 Å². The number of thioether (sulfide) groups is 1. The second-order valence-electron chi connectivity index (χ2n) is 5.34. The highest BCUT2D eigenvalue weighted by atomic mass is 35.5. The van der Waals surface area contributed by atoms with Crippen molar-refractivity contribution < 1.29 is 4.79 Å². The Labute approximate surface area is 159 Å². The van der Waals surface area contributed by atoms with Gasteiger partial charge in [-0.25, -0.2) is 0 Å². The van der Waals surface area contributed by atoms with E-state index in [4.69, 9.17) is 16.9 Å². The Morgan fingerprint density at radius 2 is 1.96 bits per heavy atom. The van der Waals surface area contributed by atoms with Crippen molar-refractivity contribution in [1.82, 2.24) is 14.8 Å². The van der Waals surface area contributed by atoms with Crippen molar-refractivity contribution in [3.05, 3.63) is 59.1 Å². The van der Waals surface area contributed by atoms with E-state index in [1.54, 1.807) is 34.9 Å². The number of nitrogens with zero attached hydrogens (tertiary/aromatic N) is 4. The lowest BCUT2D eigenvalue weighted by atomic mass is 10.2. The van der Waals surface area contributed by atoms with E-state index in [0.29, 0.717) is 27.3 Å². The number of anilines is 1. The van der Waals surface area contributed by atoms with Crippen LogP contribution in [0.15, 0.2) is 53.7 Å². The minimum atomic E-state index is -0.222. The van der Waals surface area contributed by atoms with Gasteiger partial charge in [0.25, 0.3) is 0 Å². The van der Waals surface area contributed by atoms with Crippen molar-refractivity contribution in [3.8, 4) is 17.5 Å². The van der Waals surface area contributed by atoms with Gasteiger partial charge in [0.05, 0.1) is 22.0 Å². The first-order chi connectivity index (χ1) is 12.6. The molecule has 0 fully saturated rings. The van der Waals surface area contributed by atoms with Gasteiger partial charge >= 0.3 is 0 Å². The number of amides is 1. The molecule has 130 valence electrons. The molecule has 3 rings (SSSR count). The topological polar surface area (TPSA) is 83.6 Å². The minimum Gasteiger partial charge on any atom is -0.324 e. The molecule has 0 saturated heterocycles. The average Bonchev–Trinajstić information content (AvgIpc) is 3.01. The fraction of sp³-hybridized carbons (Fsp3) is 0.111. The van der Waals surface area contributed by atoms with Crippen LogP contribution in [-0.2, 0) is 11.8 Å². The molecule has 1 amide bonds. The SMILES string of the molecule is Cn1c(SCC(=O)Nc2ccccc2C#N)nnc1-c1ccccc1Cl. The maximum Gasteiger partial charge on any atom is 0.234 e. The Balaban J connectivity index is 1.68. The molecule has 8 heteroatoms. The predicted molar refractivity (Wildman–Crippen MR) is 102 cm³/mol. The molecule has 3 aromatic rings. The highest BCUT2D eigenvalue weighted by Gasteiger charge is 2.15. The first kappa shape index (κ1) is 18.0. The van der Waals surface area contributed by atoms with Crippen molar-refractivity contribution in [2.24, 2.45) is 7.05 Å². The Morgan fingerprint density at radius 1 is 1.23 bits per heavy atom. The van der Waals surface area contributed by atoms with Crippen LogP contribution in [0.25, 0.3) is 11.4 Å². The molecule has 0 bridgehead atoms. The van der Waals surface area contributed by atoms with Crippen LogP contribution in [0.1, 0.15) is 5.56 Å². The fourth-order valence-electron chi connectivity index (χ4n) is 2.32. The fourth-order valence-corrected chi connectivity index (χ4v) is 3.25. The van der Waals surface area contributed by atoms with Gasteiger partial charge in [-0.05, 0) is 24.3 Å². The maximum absolute atomic E-state index is 12.2. The number of hydrogen-bond acceptors (Lipinski definition) is 5. The zero-order chi connectivity index (χ0) is 18.5. The maximum atomic E-state index is 12.2. The summed E-state index contributed by atoms with van der Waals surface area (Å²) in [6.45, 7) is 0. The monoisotopic (exact) mass is 383 g/mol. The second-order valence-corrected chi connectivity index (χ2v) is 6.69. The lowest BCUT2D eigenvalue weighted by molar-refractivity contribution is -0.113. The Morgan fingerprint density at radius 3 is 2.73 bits per heavy atom. The van der Waals surface area contributed by atoms with Crippen LogP contribution in [0.2, 0.25) is 5.02 Å². The molecule has 1 heterocycles. The summed E-state index contributed by atoms with van der Waals surface area (Å²) in [6.07, 6.45) is 0. The summed E-state index contributed by atoms with van der Waals surface area (Å²) in [4.78, 5) is 12.2. The molecule has 0 atom stereocenters. The van der Waals surface area contributed by atoms with Gasteiger partial charge in [0.15, 0.2) is 11.0 Å². The summed E-state index contributed by atoms with van der Waals surface area (Å²) in [7, 11) is 1.82. The molecule has 1 aromatic heterocycles. The molecule has 0 saturated carbocycles.